The highest BCUT2D eigenvalue weighted by Gasteiger charge is 2.24. The van der Waals surface area contributed by atoms with Crippen LogP contribution in [0, 0.1) is 0 Å². The molecule has 1 fully saturated rings. The van der Waals surface area contributed by atoms with E-state index in [-0.39, 0.29) is 18.1 Å². The molecule has 6 heteroatoms. The summed E-state index contributed by atoms with van der Waals surface area (Å²) < 4.78 is 16.4. The highest BCUT2D eigenvalue weighted by atomic mass is 16.5. The van der Waals surface area contributed by atoms with Crippen molar-refractivity contribution >= 4 is 5.91 Å². The van der Waals surface area contributed by atoms with Gasteiger partial charge in [0.1, 0.15) is 6.10 Å². The van der Waals surface area contributed by atoms with E-state index >= 15 is 0 Å². The molecule has 144 valence electrons. The van der Waals surface area contributed by atoms with Crippen LogP contribution < -0.4 is 19.5 Å². The van der Waals surface area contributed by atoms with E-state index in [0.29, 0.717) is 23.8 Å². The number of carbonyl (C=O) groups is 1. The second-order valence-electron chi connectivity index (χ2n) is 6.69. The SMILES string of the molecule is COc1ccc(CC(=O)NC2CCC(Oc3ccccn3)CC2)cc1OC. The van der Waals surface area contributed by atoms with E-state index < -0.39 is 0 Å². The van der Waals surface area contributed by atoms with Crippen LogP contribution >= 0.6 is 0 Å². The maximum absolute atomic E-state index is 12.4. The van der Waals surface area contributed by atoms with Crippen molar-refractivity contribution in [2.45, 2.75) is 44.2 Å². The topological polar surface area (TPSA) is 69.7 Å². The summed E-state index contributed by atoms with van der Waals surface area (Å²) in [6, 6.07) is 11.4. The summed E-state index contributed by atoms with van der Waals surface area (Å²) in [6.07, 6.45) is 5.87. The lowest BCUT2D eigenvalue weighted by atomic mass is 9.92. The second kappa shape index (κ2) is 9.26. The fourth-order valence-corrected chi connectivity index (χ4v) is 3.37. The van der Waals surface area contributed by atoms with Gasteiger partial charge in [0.15, 0.2) is 11.5 Å². The third-order valence-corrected chi connectivity index (χ3v) is 4.78. The van der Waals surface area contributed by atoms with Crippen molar-refractivity contribution < 1.29 is 19.0 Å². The van der Waals surface area contributed by atoms with Gasteiger partial charge in [-0.25, -0.2) is 4.98 Å². The number of methoxy groups -OCH3 is 2. The third-order valence-electron chi connectivity index (χ3n) is 4.78. The molecule has 0 saturated heterocycles. The van der Waals surface area contributed by atoms with Crippen molar-refractivity contribution in [1.29, 1.82) is 0 Å². The van der Waals surface area contributed by atoms with Crippen molar-refractivity contribution in [1.82, 2.24) is 10.3 Å². The van der Waals surface area contributed by atoms with Crippen LogP contribution in [0.1, 0.15) is 31.2 Å². The van der Waals surface area contributed by atoms with E-state index in [1.807, 2.05) is 36.4 Å². The summed E-state index contributed by atoms with van der Waals surface area (Å²) in [6.45, 7) is 0. The molecule has 3 rings (SSSR count). The Bertz CT molecular complexity index is 743. The Labute approximate surface area is 159 Å². The maximum atomic E-state index is 12.4. The number of ether oxygens (including phenoxy) is 3. The number of nitrogens with zero attached hydrogens (tertiary/aromatic N) is 1. The second-order valence-corrected chi connectivity index (χ2v) is 6.69. The Morgan fingerprint density at radius 1 is 1.07 bits per heavy atom. The zero-order valence-electron chi connectivity index (χ0n) is 15.8. The first-order chi connectivity index (χ1) is 13.2. The molecule has 0 bridgehead atoms. The van der Waals surface area contributed by atoms with Crippen LogP contribution in [0.15, 0.2) is 42.6 Å². The van der Waals surface area contributed by atoms with Crippen molar-refractivity contribution in [3.8, 4) is 17.4 Å². The molecule has 1 saturated carbocycles. The predicted molar refractivity (Wildman–Crippen MR) is 102 cm³/mol. The molecule has 0 aliphatic heterocycles. The summed E-state index contributed by atoms with van der Waals surface area (Å²) in [5.74, 6) is 1.98. The summed E-state index contributed by atoms with van der Waals surface area (Å²) in [5.41, 5.74) is 0.900. The first kappa shape index (κ1) is 19.0. The molecular weight excluding hydrogens is 344 g/mol. The van der Waals surface area contributed by atoms with Crippen molar-refractivity contribution in [2.24, 2.45) is 0 Å². The summed E-state index contributed by atoms with van der Waals surface area (Å²) in [4.78, 5) is 16.6. The normalized spacial score (nSPS) is 19.2. The number of pyridine rings is 1. The van der Waals surface area contributed by atoms with Gasteiger partial charge in [-0.05, 0) is 49.4 Å². The zero-order chi connectivity index (χ0) is 19.1. The monoisotopic (exact) mass is 370 g/mol. The largest absolute Gasteiger partial charge is 0.493 e. The Morgan fingerprint density at radius 2 is 1.85 bits per heavy atom. The van der Waals surface area contributed by atoms with Gasteiger partial charge in [-0.1, -0.05) is 12.1 Å². The summed E-state index contributed by atoms with van der Waals surface area (Å²) >= 11 is 0. The molecule has 1 amide bonds. The summed E-state index contributed by atoms with van der Waals surface area (Å²) in [5, 5.41) is 3.14. The van der Waals surface area contributed by atoms with Crippen molar-refractivity contribution in [2.75, 3.05) is 14.2 Å². The van der Waals surface area contributed by atoms with Gasteiger partial charge < -0.3 is 19.5 Å². The number of nitrogens with one attached hydrogen (secondary N) is 1. The van der Waals surface area contributed by atoms with Crippen molar-refractivity contribution in [3.63, 3.8) is 0 Å². The van der Waals surface area contributed by atoms with Crippen LogP contribution in [0.4, 0.5) is 0 Å². The predicted octanol–water partition coefficient (Wildman–Crippen LogP) is 3.15. The Morgan fingerprint density at radius 3 is 2.52 bits per heavy atom. The molecule has 1 aromatic carbocycles. The molecular formula is C21H26N2O4. The fraction of sp³-hybridized carbons (Fsp3) is 0.429. The van der Waals surface area contributed by atoms with Gasteiger partial charge in [0, 0.05) is 18.3 Å². The zero-order valence-corrected chi connectivity index (χ0v) is 15.8. The van der Waals surface area contributed by atoms with Gasteiger partial charge in [-0.15, -0.1) is 0 Å². The van der Waals surface area contributed by atoms with E-state index in [1.165, 1.54) is 0 Å². The van der Waals surface area contributed by atoms with Crippen LogP contribution in [0.5, 0.6) is 17.4 Å². The quantitative estimate of drug-likeness (QED) is 0.811. The maximum Gasteiger partial charge on any atom is 0.224 e. The van der Waals surface area contributed by atoms with Gasteiger partial charge in [0.25, 0.3) is 0 Å². The Kier molecular flexibility index (Phi) is 6.52. The molecule has 1 N–H and O–H groups in total. The van der Waals surface area contributed by atoms with E-state index in [9.17, 15) is 4.79 Å². The average Bonchev–Trinajstić information content (AvgIpc) is 2.70. The number of hydrogen-bond acceptors (Lipinski definition) is 5. The molecule has 6 nitrogen and oxygen atoms in total. The minimum absolute atomic E-state index is 0.0244. The molecule has 0 radical (unpaired) electrons. The molecule has 1 heterocycles. The molecule has 0 unspecified atom stereocenters. The number of aromatic nitrogens is 1. The molecule has 0 spiro atoms. The van der Waals surface area contributed by atoms with E-state index in [2.05, 4.69) is 10.3 Å². The molecule has 27 heavy (non-hydrogen) atoms. The van der Waals surface area contributed by atoms with Gasteiger partial charge >= 0.3 is 0 Å². The van der Waals surface area contributed by atoms with Crippen LogP contribution in [0.3, 0.4) is 0 Å². The standard InChI is InChI=1S/C21H26N2O4/c1-25-18-11-6-15(13-19(18)26-2)14-20(24)23-16-7-9-17(10-8-16)27-21-5-3-4-12-22-21/h3-6,11-13,16-17H,7-10,14H2,1-2H3,(H,23,24). The smallest absolute Gasteiger partial charge is 0.224 e. The Hall–Kier alpha value is -2.76. The lowest BCUT2D eigenvalue weighted by molar-refractivity contribution is -0.121. The molecule has 1 aliphatic carbocycles. The number of hydrogen-bond donors (Lipinski definition) is 1. The molecule has 0 atom stereocenters. The minimum Gasteiger partial charge on any atom is -0.493 e. The highest BCUT2D eigenvalue weighted by Crippen LogP contribution is 2.28. The first-order valence-electron chi connectivity index (χ1n) is 9.26. The van der Waals surface area contributed by atoms with Crippen LogP contribution in [0.25, 0.3) is 0 Å². The van der Waals surface area contributed by atoms with Crippen LogP contribution in [0.2, 0.25) is 0 Å². The minimum atomic E-state index is 0.0244. The molecule has 2 aromatic rings. The van der Waals surface area contributed by atoms with Crippen LogP contribution in [-0.2, 0) is 11.2 Å². The summed E-state index contributed by atoms with van der Waals surface area (Å²) in [7, 11) is 3.19. The van der Waals surface area contributed by atoms with Gasteiger partial charge in [-0.3, -0.25) is 4.79 Å². The van der Waals surface area contributed by atoms with Gasteiger partial charge in [-0.2, -0.15) is 0 Å². The fourth-order valence-electron chi connectivity index (χ4n) is 3.37. The van der Waals surface area contributed by atoms with Gasteiger partial charge in [0.2, 0.25) is 11.8 Å². The van der Waals surface area contributed by atoms with Crippen LogP contribution in [-0.4, -0.2) is 37.3 Å². The molecule has 1 aromatic heterocycles. The number of benzene rings is 1. The average molecular weight is 370 g/mol. The number of rotatable bonds is 7. The third kappa shape index (κ3) is 5.36. The number of carbonyl (C=O) groups excluding carboxylic acids is 1. The Balaban J connectivity index is 1.45. The first-order valence-corrected chi connectivity index (χ1v) is 9.26. The highest BCUT2D eigenvalue weighted by molar-refractivity contribution is 5.79. The number of amides is 1. The lowest BCUT2D eigenvalue weighted by Crippen LogP contribution is -2.40. The van der Waals surface area contributed by atoms with Crippen molar-refractivity contribution in [3.05, 3.63) is 48.2 Å². The lowest BCUT2D eigenvalue weighted by Gasteiger charge is -2.29. The van der Waals surface area contributed by atoms with E-state index in [0.717, 1.165) is 31.2 Å². The van der Waals surface area contributed by atoms with Gasteiger partial charge in [0.05, 0.1) is 20.6 Å². The molecule has 1 aliphatic rings. The van der Waals surface area contributed by atoms with E-state index in [4.69, 9.17) is 14.2 Å². The van der Waals surface area contributed by atoms with E-state index in [1.54, 1.807) is 20.4 Å².